The van der Waals surface area contributed by atoms with E-state index in [0.29, 0.717) is 0 Å². The summed E-state index contributed by atoms with van der Waals surface area (Å²) in [6.45, 7) is 0.179. The zero-order chi connectivity index (χ0) is 21.8. The van der Waals surface area contributed by atoms with Crippen molar-refractivity contribution >= 4 is 34.7 Å². The summed E-state index contributed by atoms with van der Waals surface area (Å²) in [5.74, 6) is 0. The monoisotopic (exact) mass is 446 g/mol. The fourth-order valence-corrected chi connectivity index (χ4v) is 3.50. The van der Waals surface area contributed by atoms with Crippen LogP contribution in [0.2, 0.25) is 5.15 Å². The third-order valence-corrected chi connectivity index (χ3v) is 5.03. The van der Waals surface area contributed by atoms with E-state index in [2.05, 4.69) is 20.4 Å². The van der Waals surface area contributed by atoms with E-state index in [4.69, 9.17) is 11.6 Å². The summed E-state index contributed by atoms with van der Waals surface area (Å²) in [6.07, 6.45) is -5.42. The molecule has 0 spiro atoms. The molecule has 13 heteroatoms. The number of alkyl halides is 5. The van der Waals surface area contributed by atoms with Crippen LogP contribution in [-0.2, 0) is 5.41 Å². The molecule has 30 heavy (non-hydrogen) atoms. The minimum Gasteiger partial charge on any atom is -0.307 e. The average Bonchev–Trinajstić information content (AvgIpc) is 3.19. The largest absolute Gasteiger partial charge is 0.401 e. The molecule has 0 fully saturated rings. The number of pyridine rings is 1. The molecule has 0 aliphatic carbocycles. The lowest BCUT2D eigenvalue weighted by Crippen LogP contribution is -2.46. The zero-order valence-electron chi connectivity index (χ0n) is 15.1. The van der Waals surface area contributed by atoms with Crippen molar-refractivity contribution < 1.29 is 26.7 Å². The van der Waals surface area contributed by atoms with Crippen LogP contribution in [0, 0.1) is 0 Å². The van der Waals surface area contributed by atoms with E-state index in [9.17, 15) is 26.7 Å². The maximum Gasteiger partial charge on any atom is 0.401 e. The second-order valence-electron chi connectivity index (χ2n) is 6.85. The van der Waals surface area contributed by atoms with Gasteiger partial charge in [0, 0.05) is 24.5 Å². The molecule has 2 amide bonds. The van der Waals surface area contributed by atoms with Crippen molar-refractivity contribution in [3.8, 4) is 0 Å². The number of hydrogen-bond acceptors (Lipinski definition) is 4. The number of nitrogens with zero attached hydrogens (tertiary/aromatic N) is 5. The van der Waals surface area contributed by atoms with Gasteiger partial charge in [0.05, 0.1) is 17.6 Å². The van der Waals surface area contributed by atoms with E-state index in [1.54, 1.807) is 0 Å². The summed E-state index contributed by atoms with van der Waals surface area (Å²) >= 11 is 5.83. The molecule has 0 unspecified atom stereocenters. The van der Waals surface area contributed by atoms with Gasteiger partial charge in [0.25, 0.3) is 6.43 Å². The highest BCUT2D eigenvalue weighted by Crippen LogP contribution is 2.50. The summed E-state index contributed by atoms with van der Waals surface area (Å²) in [4.78, 5) is 21.1. The van der Waals surface area contributed by atoms with E-state index in [1.165, 1.54) is 12.1 Å². The first-order valence-corrected chi connectivity index (χ1v) is 8.83. The molecule has 7 nitrogen and oxygen atoms in total. The lowest BCUT2D eigenvalue weighted by atomic mass is 9.88. The van der Waals surface area contributed by atoms with Gasteiger partial charge in [-0.2, -0.15) is 18.3 Å². The highest BCUT2D eigenvalue weighted by atomic mass is 35.5. The molecule has 3 aromatic rings. The summed E-state index contributed by atoms with van der Waals surface area (Å²) < 4.78 is 68.7. The predicted molar refractivity (Wildman–Crippen MR) is 97.0 cm³/mol. The molecule has 0 bridgehead atoms. The van der Waals surface area contributed by atoms with Gasteiger partial charge in [0.1, 0.15) is 11.1 Å². The highest BCUT2D eigenvalue weighted by Gasteiger charge is 2.60. The standard InChI is InChI=1S/C17H12ClF5N6O/c1-16(17(21,22)23)7-28(10-6-25-12-5-11(18)27-29(12)13(10)16)15(30)26-8-2-3-24-9(4-8)14(19)20/h2-6,14H,7H2,1H3,(H,24,26,30)/t16-/m1/s1. The molecule has 1 N–H and O–H groups in total. The van der Waals surface area contributed by atoms with Gasteiger partial charge in [-0.1, -0.05) is 11.6 Å². The Balaban J connectivity index is 1.77. The van der Waals surface area contributed by atoms with Gasteiger partial charge >= 0.3 is 12.2 Å². The number of hydrogen-bond donors (Lipinski definition) is 1. The molecular formula is C17H12ClF5N6O. The summed E-state index contributed by atoms with van der Waals surface area (Å²) in [5.41, 5.74) is -3.42. The van der Waals surface area contributed by atoms with Crippen molar-refractivity contribution in [2.75, 3.05) is 16.8 Å². The fraction of sp³-hybridized carbons (Fsp3) is 0.294. The van der Waals surface area contributed by atoms with Gasteiger partial charge in [-0.25, -0.2) is 23.1 Å². The minimum absolute atomic E-state index is 0.0383. The molecule has 4 rings (SSSR count). The molecule has 0 radical (unpaired) electrons. The van der Waals surface area contributed by atoms with Crippen LogP contribution in [0.25, 0.3) is 5.65 Å². The normalized spacial score (nSPS) is 18.9. The van der Waals surface area contributed by atoms with Gasteiger partial charge in [-0.3, -0.25) is 9.88 Å². The number of anilines is 2. The number of carbonyl (C=O) groups excluding carboxylic acids is 1. The quantitative estimate of drug-likeness (QED) is 0.584. The second kappa shape index (κ2) is 6.76. The molecule has 1 aliphatic heterocycles. The topological polar surface area (TPSA) is 75.4 Å². The fourth-order valence-electron chi connectivity index (χ4n) is 3.33. The molecule has 0 saturated carbocycles. The van der Waals surface area contributed by atoms with Crippen molar-refractivity contribution in [2.45, 2.75) is 24.9 Å². The SMILES string of the molecule is C[C@@]1(C(F)(F)F)CN(C(=O)Nc2ccnc(C(F)F)c2)c2cnc3cc(Cl)nn3c21. The number of fused-ring (bicyclic) bond motifs is 3. The van der Waals surface area contributed by atoms with Crippen molar-refractivity contribution in [3.05, 3.63) is 47.1 Å². The maximum absolute atomic E-state index is 14.0. The Kier molecular flexibility index (Phi) is 4.56. The Bertz CT molecular complexity index is 1150. The first-order chi connectivity index (χ1) is 14.0. The van der Waals surface area contributed by atoms with Crippen LogP contribution in [0.5, 0.6) is 0 Å². The van der Waals surface area contributed by atoms with E-state index >= 15 is 0 Å². The van der Waals surface area contributed by atoms with E-state index in [-0.39, 0.29) is 27.9 Å². The molecule has 3 aromatic heterocycles. The molecule has 158 valence electrons. The smallest absolute Gasteiger partial charge is 0.307 e. The van der Waals surface area contributed by atoms with Gasteiger partial charge in [0.15, 0.2) is 10.8 Å². The lowest BCUT2D eigenvalue weighted by molar-refractivity contribution is -0.181. The third-order valence-electron chi connectivity index (χ3n) is 4.85. The van der Waals surface area contributed by atoms with Crippen molar-refractivity contribution in [3.63, 3.8) is 0 Å². The number of nitrogens with one attached hydrogen (secondary N) is 1. The molecule has 1 atom stereocenters. The molecule has 0 aromatic carbocycles. The van der Waals surface area contributed by atoms with Crippen molar-refractivity contribution in [1.29, 1.82) is 0 Å². The summed E-state index contributed by atoms with van der Waals surface area (Å²) in [5, 5.41) is 6.14. The highest BCUT2D eigenvalue weighted by molar-refractivity contribution is 6.29. The molecular weight excluding hydrogens is 435 g/mol. The van der Waals surface area contributed by atoms with Crippen LogP contribution in [0.1, 0.15) is 24.7 Å². The van der Waals surface area contributed by atoms with Gasteiger partial charge in [-0.05, 0) is 19.1 Å². The van der Waals surface area contributed by atoms with Crippen LogP contribution in [0.15, 0.2) is 30.6 Å². The Morgan fingerprint density at radius 1 is 1.30 bits per heavy atom. The number of rotatable bonds is 2. The molecule has 0 saturated heterocycles. The van der Waals surface area contributed by atoms with Crippen LogP contribution < -0.4 is 10.2 Å². The molecule has 4 heterocycles. The number of urea groups is 1. The van der Waals surface area contributed by atoms with Crippen molar-refractivity contribution in [1.82, 2.24) is 19.6 Å². The number of amides is 2. The average molecular weight is 447 g/mol. The number of aromatic nitrogens is 4. The number of carbonyl (C=O) groups is 1. The second-order valence-corrected chi connectivity index (χ2v) is 7.23. The Labute approximate surface area is 170 Å². The van der Waals surface area contributed by atoms with Crippen LogP contribution in [0.3, 0.4) is 0 Å². The maximum atomic E-state index is 14.0. The Hall–Kier alpha value is -3.02. The molecule has 1 aliphatic rings. The Morgan fingerprint density at radius 3 is 2.70 bits per heavy atom. The van der Waals surface area contributed by atoms with Crippen molar-refractivity contribution in [2.24, 2.45) is 0 Å². The third kappa shape index (κ3) is 3.11. The lowest BCUT2D eigenvalue weighted by Gasteiger charge is -2.28. The van der Waals surface area contributed by atoms with Gasteiger partial charge in [0.2, 0.25) is 0 Å². The van der Waals surface area contributed by atoms with Crippen LogP contribution in [-0.4, -0.2) is 38.3 Å². The Morgan fingerprint density at radius 2 is 2.03 bits per heavy atom. The van der Waals surface area contributed by atoms with E-state index in [0.717, 1.165) is 34.8 Å². The first-order valence-electron chi connectivity index (χ1n) is 8.45. The van der Waals surface area contributed by atoms with Gasteiger partial charge < -0.3 is 5.32 Å². The van der Waals surface area contributed by atoms with Crippen LogP contribution in [0.4, 0.5) is 38.1 Å². The predicted octanol–water partition coefficient (Wildman–Crippen LogP) is 4.59. The van der Waals surface area contributed by atoms with E-state index < -0.39 is 36.3 Å². The minimum atomic E-state index is -4.73. The van der Waals surface area contributed by atoms with E-state index in [1.807, 2.05) is 0 Å². The van der Waals surface area contributed by atoms with Gasteiger partial charge in [-0.15, -0.1) is 0 Å². The summed E-state index contributed by atoms with van der Waals surface area (Å²) in [7, 11) is 0. The number of halogens is 6. The zero-order valence-corrected chi connectivity index (χ0v) is 15.8. The first kappa shape index (κ1) is 20.3. The van der Waals surface area contributed by atoms with Crippen LogP contribution >= 0.6 is 11.6 Å². The summed E-state index contributed by atoms with van der Waals surface area (Å²) in [6, 6.07) is 2.54.